The van der Waals surface area contributed by atoms with Crippen molar-refractivity contribution in [1.82, 2.24) is 0 Å². The van der Waals surface area contributed by atoms with Gasteiger partial charge in [-0.25, -0.2) is 0 Å². The maximum Gasteiger partial charge on any atom is 0.129 e. The fourth-order valence-corrected chi connectivity index (χ4v) is 12.7. The summed E-state index contributed by atoms with van der Waals surface area (Å²) in [5.74, 6) is 13.2. The Kier molecular flexibility index (Phi) is 41.1. The van der Waals surface area contributed by atoms with Gasteiger partial charge in [-0.2, -0.15) is 0 Å². The van der Waals surface area contributed by atoms with Gasteiger partial charge in [0.15, 0.2) is 0 Å². The monoisotopic (exact) mass is 1250 g/mol. The van der Waals surface area contributed by atoms with Gasteiger partial charge < -0.3 is 0 Å². The van der Waals surface area contributed by atoms with Gasteiger partial charge in [-0.15, -0.1) is 23.9 Å². The summed E-state index contributed by atoms with van der Waals surface area (Å²) in [5, 5.41) is 0. The molecule has 0 amide bonds. The number of benzene rings is 6. The standard InChI is InChI=1S/C46H66Si2.C40H50.3CH4/c1-9-11-13-15-17-19-21-23-39-25-29-41(30-26-39)45-37-44(34-36-48(6,7)8)46(38-43(45)33-35-47(3,4)5)42-31-27-40(28-32-42)24-22-20-18-16-14-12-10-2;1-5-9-11-13-15-17-19-21-33-23-27-37(28-24-33)39-31-36(8-4)40(32-35(39)7-3)38-29-25-34(26-30-38)22-20-18-16-14-12-10-6-2;;;/h25-32,37-38H,9-24H2,1-8H3;3-4,23-32H,5-6,9-22H2,1-2H3;3*1H4. The first kappa shape index (κ1) is 81.1. The molecule has 0 unspecified atom stereocenters. The number of hydrogen-bond acceptors (Lipinski definition) is 0. The molecule has 6 aromatic rings. The van der Waals surface area contributed by atoms with Crippen molar-refractivity contribution in [1.29, 1.82) is 0 Å². The average Bonchev–Trinajstić information content (AvgIpc) is 0.924. The average molecular weight is 1250 g/mol. The molecular weight excluding hydrogens is 1130 g/mol. The van der Waals surface area contributed by atoms with Crippen molar-refractivity contribution in [2.24, 2.45) is 0 Å². The molecule has 0 aliphatic carbocycles. The summed E-state index contributed by atoms with van der Waals surface area (Å²) in [6, 6.07) is 45.3. The van der Waals surface area contributed by atoms with Gasteiger partial charge in [-0.3, -0.25) is 0 Å². The van der Waals surface area contributed by atoms with E-state index in [4.69, 9.17) is 12.8 Å². The lowest BCUT2D eigenvalue weighted by molar-refractivity contribution is 0.589. The van der Waals surface area contributed by atoms with Crippen LogP contribution < -0.4 is 0 Å². The summed E-state index contributed by atoms with van der Waals surface area (Å²) in [6.07, 6.45) is 54.3. The van der Waals surface area contributed by atoms with Crippen LogP contribution in [0.15, 0.2) is 121 Å². The van der Waals surface area contributed by atoms with Crippen LogP contribution in [0, 0.1) is 47.6 Å². The smallest absolute Gasteiger partial charge is 0.127 e. The Hall–Kier alpha value is -6.01. The summed E-state index contributed by atoms with van der Waals surface area (Å²) >= 11 is 0. The van der Waals surface area contributed by atoms with E-state index in [1.165, 1.54) is 224 Å². The zero-order valence-corrected chi connectivity index (χ0v) is 59.3. The zero-order chi connectivity index (χ0) is 63.2. The number of aryl methyl sites for hydroxylation is 4. The van der Waals surface area contributed by atoms with Crippen LogP contribution in [-0.2, 0) is 25.7 Å². The molecule has 0 aromatic heterocycles. The van der Waals surface area contributed by atoms with Crippen LogP contribution in [0.3, 0.4) is 0 Å². The first-order valence-corrected chi connectivity index (χ1v) is 42.4. The highest BCUT2D eigenvalue weighted by Gasteiger charge is 2.17. The molecule has 0 N–H and O–H groups in total. The molecule has 2 heteroatoms. The highest BCUT2D eigenvalue weighted by atomic mass is 28.3. The molecule has 492 valence electrons. The summed E-state index contributed by atoms with van der Waals surface area (Å²) in [4.78, 5) is 0. The number of terminal acetylenes is 2. The van der Waals surface area contributed by atoms with Gasteiger partial charge in [0, 0.05) is 22.3 Å². The predicted molar refractivity (Wildman–Crippen MR) is 418 cm³/mol. The SMILES string of the molecule is C.C.C.C#Cc1cc(-c2ccc(CCCCCCCCC)cc2)c(C#C)cc1-c1ccc(CCCCCCCCC)cc1.CCCCCCCCCc1ccc(-c2cc(C#C[Si](C)(C)C)c(-c3ccc(CCCCCCCCC)cc3)cc2C#C[Si](C)(C)C)cc1. The van der Waals surface area contributed by atoms with Crippen molar-refractivity contribution in [2.75, 3.05) is 0 Å². The molecule has 0 bridgehead atoms. The largest absolute Gasteiger partial charge is 0.129 e. The molecule has 6 aromatic carbocycles. The van der Waals surface area contributed by atoms with Crippen LogP contribution in [0.2, 0.25) is 39.3 Å². The number of rotatable bonds is 36. The Morgan fingerprint density at radius 1 is 0.264 bits per heavy atom. The number of hydrogen-bond donors (Lipinski definition) is 0. The van der Waals surface area contributed by atoms with Crippen LogP contribution in [-0.4, -0.2) is 16.1 Å². The maximum absolute atomic E-state index is 6.01. The Morgan fingerprint density at radius 2 is 0.451 bits per heavy atom. The molecule has 0 saturated carbocycles. The van der Waals surface area contributed by atoms with E-state index in [9.17, 15) is 0 Å². The highest BCUT2D eigenvalue weighted by Crippen LogP contribution is 2.35. The minimum atomic E-state index is -1.57. The van der Waals surface area contributed by atoms with Gasteiger partial charge in [0.2, 0.25) is 0 Å². The fourth-order valence-electron chi connectivity index (χ4n) is 11.7. The van der Waals surface area contributed by atoms with E-state index >= 15 is 0 Å². The molecular formula is C89H128Si2. The minimum absolute atomic E-state index is 0. The van der Waals surface area contributed by atoms with Crippen LogP contribution in [0.4, 0.5) is 0 Å². The Morgan fingerprint density at radius 3 is 0.648 bits per heavy atom. The molecule has 0 radical (unpaired) electrons. The van der Waals surface area contributed by atoms with Crippen LogP contribution in [0.25, 0.3) is 44.5 Å². The van der Waals surface area contributed by atoms with Gasteiger partial charge in [0.1, 0.15) is 16.1 Å². The van der Waals surface area contributed by atoms with Gasteiger partial charge in [-0.1, -0.05) is 364 Å². The van der Waals surface area contributed by atoms with Gasteiger partial charge in [-0.05, 0) is 142 Å². The zero-order valence-electron chi connectivity index (χ0n) is 57.3. The van der Waals surface area contributed by atoms with E-state index in [1.807, 2.05) is 0 Å². The Labute approximate surface area is 565 Å². The highest BCUT2D eigenvalue weighted by molar-refractivity contribution is 6.84. The number of unbranched alkanes of at least 4 members (excludes halogenated alkanes) is 24. The second kappa shape index (κ2) is 46.1. The summed E-state index contributed by atoms with van der Waals surface area (Å²) in [5.41, 5.74) is 26.3. The van der Waals surface area contributed by atoms with Gasteiger partial charge in [0.25, 0.3) is 0 Å². The van der Waals surface area contributed by atoms with Crippen LogP contribution >= 0.6 is 0 Å². The second-order valence-electron chi connectivity index (χ2n) is 27.4. The Balaban J connectivity index is 0.000000609. The Bertz CT molecular complexity index is 2920. The van der Waals surface area contributed by atoms with E-state index in [2.05, 4.69) is 223 Å². The van der Waals surface area contributed by atoms with E-state index in [1.54, 1.807) is 0 Å². The first-order valence-electron chi connectivity index (χ1n) is 35.4. The third-order valence-corrected chi connectivity index (χ3v) is 18.9. The lowest BCUT2D eigenvalue weighted by Crippen LogP contribution is -2.16. The van der Waals surface area contributed by atoms with Gasteiger partial charge >= 0.3 is 0 Å². The van der Waals surface area contributed by atoms with Gasteiger partial charge in [0.05, 0.1) is 0 Å². The van der Waals surface area contributed by atoms with Crippen molar-refractivity contribution in [2.45, 2.75) is 295 Å². The molecule has 91 heavy (non-hydrogen) atoms. The first-order chi connectivity index (χ1) is 42.7. The molecule has 0 aliphatic heterocycles. The summed E-state index contributed by atoms with van der Waals surface area (Å²) < 4.78 is 0. The molecule has 6 rings (SSSR count). The predicted octanol–water partition coefficient (Wildman–Crippen LogP) is 27.5. The van der Waals surface area contributed by atoms with Crippen LogP contribution in [0.1, 0.15) is 274 Å². The lowest BCUT2D eigenvalue weighted by atomic mass is 9.90. The molecule has 0 aliphatic rings. The molecule has 0 spiro atoms. The summed E-state index contributed by atoms with van der Waals surface area (Å²) in [6.45, 7) is 23.1. The maximum atomic E-state index is 6.01. The van der Waals surface area contributed by atoms with E-state index in [-0.39, 0.29) is 22.3 Å². The quantitative estimate of drug-likeness (QED) is 0.0209. The lowest BCUT2D eigenvalue weighted by Gasteiger charge is -2.14. The molecule has 0 atom stereocenters. The van der Waals surface area contributed by atoms with E-state index in [0.29, 0.717) is 0 Å². The third-order valence-electron chi connectivity index (χ3n) is 17.1. The van der Waals surface area contributed by atoms with Crippen molar-refractivity contribution in [3.05, 3.63) is 166 Å². The topological polar surface area (TPSA) is 0 Å². The van der Waals surface area contributed by atoms with Crippen molar-refractivity contribution >= 4 is 16.1 Å². The molecule has 0 saturated heterocycles. The van der Waals surface area contributed by atoms with Crippen molar-refractivity contribution in [3.8, 4) is 92.1 Å². The molecule has 0 heterocycles. The molecule has 0 nitrogen and oxygen atoms in total. The van der Waals surface area contributed by atoms with Crippen molar-refractivity contribution in [3.63, 3.8) is 0 Å². The minimum Gasteiger partial charge on any atom is -0.127 e. The van der Waals surface area contributed by atoms with Crippen LogP contribution in [0.5, 0.6) is 0 Å². The second-order valence-corrected chi connectivity index (χ2v) is 36.9. The fraction of sp³-hybridized carbons (Fsp3) is 0.506. The third kappa shape index (κ3) is 31.5. The normalized spacial score (nSPS) is 10.8. The van der Waals surface area contributed by atoms with Crippen molar-refractivity contribution < 1.29 is 0 Å². The van der Waals surface area contributed by atoms with E-state index in [0.717, 1.165) is 70.2 Å². The molecule has 0 fully saturated rings. The summed E-state index contributed by atoms with van der Waals surface area (Å²) in [7, 11) is -3.14. The van der Waals surface area contributed by atoms with E-state index < -0.39 is 16.1 Å².